The summed E-state index contributed by atoms with van der Waals surface area (Å²) in [5.41, 5.74) is 0. The lowest BCUT2D eigenvalue weighted by atomic mass is 10.1. The highest BCUT2D eigenvalue weighted by atomic mass is 35.5. The topological polar surface area (TPSA) is 58.6 Å². The molecule has 0 spiro atoms. The third kappa shape index (κ3) is 3.98. The molecule has 5 nitrogen and oxygen atoms in total. The molecule has 0 atom stereocenters. The molecule has 1 N–H and O–H groups in total. The number of hydrogen-bond acceptors (Lipinski definition) is 4. The van der Waals surface area contributed by atoms with Gasteiger partial charge in [-0.3, -0.25) is 0 Å². The third-order valence-corrected chi connectivity index (χ3v) is 6.82. The highest BCUT2D eigenvalue weighted by Gasteiger charge is 2.32. The summed E-state index contributed by atoms with van der Waals surface area (Å²) in [7, 11) is -1.96. The molecule has 1 aliphatic heterocycles. The summed E-state index contributed by atoms with van der Waals surface area (Å²) < 4.78 is 34.1. The fourth-order valence-corrected chi connectivity index (χ4v) is 5.56. The number of benzene rings is 2. The second-order valence-electron chi connectivity index (χ2n) is 6.41. The number of ether oxygens (including phenoxy) is 1. The zero-order valence-corrected chi connectivity index (χ0v) is 16.9. The number of nitrogens with one attached hydrogen (secondary N) is 1. The van der Waals surface area contributed by atoms with Gasteiger partial charge in [-0.25, -0.2) is 8.42 Å². The molecule has 26 heavy (non-hydrogen) atoms. The number of sulfonamides is 1. The molecule has 7 heteroatoms. The van der Waals surface area contributed by atoms with Crippen LogP contribution in [0, 0.1) is 0 Å². The van der Waals surface area contributed by atoms with Crippen LogP contribution in [0.5, 0.6) is 5.75 Å². The summed E-state index contributed by atoms with van der Waals surface area (Å²) in [6.07, 6.45) is 2.51. The molecule has 0 saturated carbocycles. The van der Waals surface area contributed by atoms with Crippen LogP contribution >= 0.6 is 12.4 Å². The van der Waals surface area contributed by atoms with E-state index in [1.165, 1.54) is 0 Å². The van der Waals surface area contributed by atoms with Crippen LogP contribution in [0.15, 0.2) is 41.3 Å². The number of piperidine rings is 1. The fraction of sp³-hybridized carbons (Fsp3) is 0.474. The number of halogens is 1. The zero-order chi connectivity index (χ0) is 17.9. The minimum Gasteiger partial charge on any atom is -0.496 e. The van der Waals surface area contributed by atoms with E-state index in [1.54, 1.807) is 23.5 Å². The number of nitrogens with zero attached hydrogens (tertiary/aromatic N) is 1. The van der Waals surface area contributed by atoms with E-state index in [9.17, 15) is 8.42 Å². The molecule has 0 bridgehead atoms. The van der Waals surface area contributed by atoms with Gasteiger partial charge in [-0.05, 0) is 44.5 Å². The van der Waals surface area contributed by atoms with Gasteiger partial charge in [0, 0.05) is 23.4 Å². The standard InChI is InChI=1S/C19H26N2O3S.ClH/c1-3-14-21(15-10-12-20-13-11-15)25(22,23)19-9-8-18(24-2)16-6-4-5-7-17(16)19;/h4-9,15,20H,3,10-14H2,1-2H3;1H. The van der Waals surface area contributed by atoms with E-state index >= 15 is 0 Å². The second kappa shape index (κ2) is 9.04. The van der Waals surface area contributed by atoms with Gasteiger partial charge in [0.15, 0.2) is 0 Å². The molecular weight excluding hydrogens is 372 g/mol. The van der Waals surface area contributed by atoms with Crippen molar-refractivity contribution in [2.45, 2.75) is 37.1 Å². The summed E-state index contributed by atoms with van der Waals surface area (Å²) in [6.45, 7) is 4.30. The van der Waals surface area contributed by atoms with Crippen LogP contribution in [-0.4, -0.2) is 45.5 Å². The second-order valence-corrected chi connectivity index (χ2v) is 8.27. The van der Waals surface area contributed by atoms with Crippen LogP contribution in [0.25, 0.3) is 10.8 Å². The van der Waals surface area contributed by atoms with Gasteiger partial charge in [-0.1, -0.05) is 31.2 Å². The van der Waals surface area contributed by atoms with Gasteiger partial charge in [0.05, 0.1) is 12.0 Å². The van der Waals surface area contributed by atoms with Gasteiger partial charge in [0.2, 0.25) is 10.0 Å². The maximum atomic E-state index is 13.5. The maximum absolute atomic E-state index is 13.5. The van der Waals surface area contributed by atoms with Crippen LogP contribution in [0.4, 0.5) is 0 Å². The van der Waals surface area contributed by atoms with Crippen molar-refractivity contribution in [3.05, 3.63) is 36.4 Å². The summed E-state index contributed by atoms with van der Waals surface area (Å²) in [6, 6.07) is 11.0. The number of rotatable bonds is 6. The Morgan fingerprint density at radius 3 is 2.38 bits per heavy atom. The van der Waals surface area contributed by atoms with Crippen LogP contribution in [0.3, 0.4) is 0 Å². The molecule has 1 fully saturated rings. The Morgan fingerprint density at radius 2 is 1.77 bits per heavy atom. The van der Waals surface area contributed by atoms with Crippen LogP contribution in [0.2, 0.25) is 0 Å². The van der Waals surface area contributed by atoms with E-state index in [-0.39, 0.29) is 18.4 Å². The quantitative estimate of drug-likeness (QED) is 0.809. The minimum atomic E-state index is -3.56. The SMILES string of the molecule is CCCN(C1CCNCC1)S(=O)(=O)c1ccc(OC)c2ccccc12.Cl. The first-order chi connectivity index (χ1) is 12.1. The molecule has 2 aromatic rings. The molecule has 1 aliphatic rings. The Hall–Kier alpha value is -1.34. The fourth-order valence-electron chi connectivity index (χ4n) is 3.59. The van der Waals surface area contributed by atoms with Crippen molar-refractivity contribution in [3.8, 4) is 5.75 Å². The lowest BCUT2D eigenvalue weighted by Crippen LogP contribution is -2.46. The van der Waals surface area contributed by atoms with Gasteiger partial charge in [0.1, 0.15) is 5.75 Å². The van der Waals surface area contributed by atoms with E-state index in [4.69, 9.17) is 4.74 Å². The molecule has 3 rings (SSSR count). The summed E-state index contributed by atoms with van der Waals surface area (Å²) in [4.78, 5) is 0.371. The summed E-state index contributed by atoms with van der Waals surface area (Å²) in [5, 5.41) is 4.86. The highest BCUT2D eigenvalue weighted by molar-refractivity contribution is 7.89. The average molecular weight is 399 g/mol. The predicted octanol–water partition coefficient (Wildman–Crippen LogP) is 3.42. The molecule has 1 heterocycles. The van der Waals surface area contributed by atoms with Crippen LogP contribution < -0.4 is 10.1 Å². The average Bonchev–Trinajstić information content (AvgIpc) is 2.65. The third-order valence-electron chi connectivity index (χ3n) is 4.81. The van der Waals surface area contributed by atoms with Gasteiger partial charge in [-0.2, -0.15) is 4.31 Å². The van der Waals surface area contributed by atoms with Crippen molar-refractivity contribution in [3.63, 3.8) is 0 Å². The number of fused-ring (bicyclic) bond motifs is 1. The molecule has 0 aliphatic carbocycles. The van der Waals surface area contributed by atoms with Crippen molar-refractivity contribution in [1.82, 2.24) is 9.62 Å². The van der Waals surface area contributed by atoms with Crippen molar-refractivity contribution in [2.75, 3.05) is 26.7 Å². The molecular formula is C19H27ClN2O3S. The zero-order valence-electron chi connectivity index (χ0n) is 15.3. The van der Waals surface area contributed by atoms with Crippen molar-refractivity contribution in [1.29, 1.82) is 0 Å². The van der Waals surface area contributed by atoms with E-state index in [0.29, 0.717) is 17.2 Å². The van der Waals surface area contributed by atoms with Crippen molar-refractivity contribution >= 4 is 33.2 Å². The molecule has 0 unspecified atom stereocenters. The van der Waals surface area contributed by atoms with Gasteiger partial charge in [0.25, 0.3) is 0 Å². The van der Waals surface area contributed by atoms with E-state index in [2.05, 4.69) is 5.32 Å². The smallest absolute Gasteiger partial charge is 0.243 e. The predicted molar refractivity (Wildman–Crippen MR) is 108 cm³/mol. The molecule has 0 radical (unpaired) electrons. The summed E-state index contributed by atoms with van der Waals surface area (Å²) in [5.74, 6) is 0.693. The normalized spacial score (nSPS) is 15.8. The Bertz CT molecular complexity index is 836. The van der Waals surface area contributed by atoms with Crippen molar-refractivity contribution in [2.24, 2.45) is 0 Å². The van der Waals surface area contributed by atoms with Gasteiger partial charge in [-0.15, -0.1) is 12.4 Å². The molecule has 1 saturated heterocycles. The highest BCUT2D eigenvalue weighted by Crippen LogP contribution is 2.33. The first kappa shape index (κ1) is 21.0. The first-order valence-electron chi connectivity index (χ1n) is 8.88. The Labute approximate surface area is 162 Å². The first-order valence-corrected chi connectivity index (χ1v) is 10.3. The Morgan fingerprint density at radius 1 is 1.12 bits per heavy atom. The Kier molecular flexibility index (Phi) is 7.29. The van der Waals surface area contributed by atoms with Crippen molar-refractivity contribution < 1.29 is 13.2 Å². The lowest BCUT2D eigenvalue weighted by Gasteiger charge is -2.34. The van der Waals surface area contributed by atoms with E-state index < -0.39 is 10.0 Å². The van der Waals surface area contributed by atoms with E-state index in [1.807, 2.05) is 31.2 Å². The molecule has 144 valence electrons. The molecule has 0 aromatic heterocycles. The monoisotopic (exact) mass is 398 g/mol. The van der Waals surface area contributed by atoms with Crippen LogP contribution in [0.1, 0.15) is 26.2 Å². The maximum Gasteiger partial charge on any atom is 0.243 e. The van der Waals surface area contributed by atoms with Gasteiger partial charge < -0.3 is 10.1 Å². The molecule has 2 aromatic carbocycles. The summed E-state index contributed by atoms with van der Waals surface area (Å²) >= 11 is 0. The number of hydrogen-bond donors (Lipinski definition) is 1. The lowest BCUT2D eigenvalue weighted by molar-refractivity contribution is 0.262. The largest absolute Gasteiger partial charge is 0.496 e. The van der Waals surface area contributed by atoms with E-state index in [0.717, 1.165) is 43.1 Å². The molecule has 0 amide bonds. The van der Waals surface area contributed by atoms with Crippen LogP contribution in [-0.2, 0) is 10.0 Å². The number of methoxy groups -OCH3 is 1. The minimum absolute atomic E-state index is 0. The van der Waals surface area contributed by atoms with Gasteiger partial charge >= 0.3 is 0 Å². The Balaban J connectivity index is 0.00000243.